The van der Waals surface area contributed by atoms with Crippen LogP contribution in [0.5, 0.6) is 0 Å². The van der Waals surface area contributed by atoms with Crippen LogP contribution in [0, 0.1) is 0 Å². The molecule has 0 radical (unpaired) electrons. The lowest BCUT2D eigenvalue weighted by Crippen LogP contribution is -2.42. The summed E-state index contributed by atoms with van der Waals surface area (Å²) in [5, 5.41) is 7.40. The van der Waals surface area contributed by atoms with Crippen molar-refractivity contribution in [3.05, 3.63) is 121 Å². The van der Waals surface area contributed by atoms with Gasteiger partial charge in [-0.3, -0.25) is 15.4 Å². The Hall–Kier alpha value is -3.36. The number of nitrogens with one attached hydrogen (secondary N) is 2. The number of aliphatic imine (C=N–C) groups is 1. The van der Waals surface area contributed by atoms with Gasteiger partial charge in [-0.25, -0.2) is 4.67 Å². The molecule has 1 unspecified atom stereocenters. The van der Waals surface area contributed by atoms with Crippen molar-refractivity contribution in [3.63, 3.8) is 0 Å². The molecule has 0 fully saturated rings. The van der Waals surface area contributed by atoms with E-state index in [1.54, 1.807) is 0 Å². The number of guanidine groups is 1. The van der Waals surface area contributed by atoms with E-state index in [-0.39, 0.29) is 11.8 Å². The molecule has 0 aromatic heterocycles. The zero-order valence-electron chi connectivity index (χ0n) is 22.3. The van der Waals surface area contributed by atoms with E-state index >= 15 is 0 Å². The predicted octanol–water partition coefficient (Wildman–Crippen LogP) is 8.32. The molecule has 1 atom stereocenters. The summed E-state index contributed by atoms with van der Waals surface area (Å²) in [6.07, 6.45) is 0. The van der Waals surface area contributed by atoms with Crippen molar-refractivity contribution in [3.8, 4) is 0 Å². The van der Waals surface area contributed by atoms with Crippen molar-refractivity contribution in [2.24, 2.45) is 14.5 Å². The van der Waals surface area contributed by atoms with Gasteiger partial charge in [0.2, 0.25) is 17.3 Å². The first kappa shape index (κ1) is 29.1. The highest BCUT2D eigenvalue weighted by atomic mass is 35.6. The number of rotatable bonds is 8. The molecular formula is C29H28Cl3N8P. The zero-order chi connectivity index (χ0) is 28.9. The Morgan fingerprint density at radius 2 is 1.00 bits per heavy atom. The lowest BCUT2D eigenvalue weighted by atomic mass is 10.2. The molecule has 0 amide bonds. The van der Waals surface area contributed by atoms with E-state index in [0.717, 1.165) is 22.7 Å². The van der Waals surface area contributed by atoms with Crippen LogP contribution in [-0.4, -0.2) is 34.4 Å². The molecule has 210 valence electrons. The summed E-state index contributed by atoms with van der Waals surface area (Å²) >= 11 is 19.3. The number of hydrogen-bond acceptors (Lipinski definition) is 8. The summed E-state index contributed by atoms with van der Waals surface area (Å²) < 4.78 is 9.94. The van der Waals surface area contributed by atoms with Crippen LogP contribution in [0.2, 0.25) is 0 Å². The van der Waals surface area contributed by atoms with E-state index in [1.165, 1.54) is 0 Å². The Labute approximate surface area is 255 Å². The van der Waals surface area contributed by atoms with Crippen LogP contribution in [0.4, 0.5) is 22.7 Å². The van der Waals surface area contributed by atoms with Crippen molar-refractivity contribution < 1.29 is 0 Å². The van der Waals surface area contributed by atoms with Crippen molar-refractivity contribution in [1.82, 2.24) is 15.3 Å². The van der Waals surface area contributed by atoms with Gasteiger partial charge < -0.3 is 0 Å². The second kappa shape index (κ2) is 12.7. The van der Waals surface area contributed by atoms with Crippen LogP contribution in [0.15, 0.2) is 136 Å². The molecule has 2 N–H and O–H groups in total. The fraction of sp³-hybridized carbons (Fsp3) is 0.103. The van der Waals surface area contributed by atoms with E-state index in [2.05, 4.69) is 15.6 Å². The Kier molecular flexibility index (Phi) is 9.00. The van der Waals surface area contributed by atoms with Crippen molar-refractivity contribution in [2.75, 3.05) is 24.1 Å². The monoisotopic (exact) mass is 624 g/mol. The maximum absolute atomic E-state index is 6.42. The molecule has 4 aromatic carbocycles. The molecule has 1 aliphatic rings. The normalized spacial score (nSPS) is 16.8. The van der Waals surface area contributed by atoms with E-state index in [1.807, 2.05) is 150 Å². The number of hydrazine groups is 2. The Morgan fingerprint density at radius 1 is 0.610 bits per heavy atom. The number of hydrogen-bond donors (Lipinski definition) is 2. The number of halogens is 3. The maximum Gasteiger partial charge on any atom is 0.250 e. The van der Waals surface area contributed by atoms with E-state index in [0.29, 0.717) is 0 Å². The topological polar surface area (TPSA) is 70.9 Å². The van der Waals surface area contributed by atoms with Gasteiger partial charge in [0.1, 0.15) is 0 Å². The summed E-state index contributed by atoms with van der Waals surface area (Å²) in [7, 11) is 0.716. The number of para-hydroxylation sites is 4. The third kappa shape index (κ3) is 6.93. The first-order valence-corrected chi connectivity index (χ1v) is 15.4. The second-order valence-corrected chi connectivity index (χ2v) is 13.9. The van der Waals surface area contributed by atoms with Crippen LogP contribution in [0.1, 0.15) is 0 Å². The summed E-state index contributed by atoms with van der Waals surface area (Å²) in [4.78, 5) is 4.57. The van der Waals surface area contributed by atoms with Crippen molar-refractivity contribution in [1.29, 1.82) is 0 Å². The standard InChI is InChI=1S/C29H28Cl3N8P/c1-38(2)41(37-40(25-19-11-5-12-20-25)26-21-13-6-14-22-26)35-27(29(30,31)32)33-28(36-41)34-39(23-15-7-3-8-16-23)24-17-9-4-10-18-24/h3-22,37H,1-2H3,(H,33,34,35). The molecule has 4 aromatic rings. The highest BCUT2D eigenvalue weighted by Gasteiger charge is 2.38. The molecule has 0 spiro atoms. The van der Waals surface area contributed by atoms with E-state index < -0.39 is 11.3 Å². The Morgan fingerprint density at radius 3 is 1.37 bits per heavy atom. The van der Waals surface area contributed by atoms with Crippen LogP contribution < -0.4 is 20.6 Å². The molecule has 5 rings (SSSR count). The van der Waals surface area contributed by atoms with Gasteiger partial charge in [-0.15, -0.1) is 0 Å². The molecule has 1 heterocycles. The quantitative estimate of drug-likeness (QED) is 0.117. The van der Waals surface area contributed by atoms with Gasteiger partial charge in [-0.2, -0.15) is 19.7 Å². The third-order valence-electron chi connectivity index (χ3n) is 5.99. The van der Waals surface area contributed by atoms with Gasteiger partial charge >= 0.3 is 0 Å². The van der Waals surface area contributed by atoms with Crippen LogP contribution in [0.25, 0.3) is 0 Å². The smallest absolute Gasteiger partial charge is 0.250 e. The highest BCUT2D eigenvalue weighted by Crippen LogP contribution is 2.53. The van der Waals surface area contributed by atoms with Gasteiger partial charge in [0, 0.05) is 0 Å². The average molecular weight is 626 g/mol. The predicted molar refractivity (Wildman–Crippen MR) is 175 cm³/mol. The largest absolute Gasteiger partial charge is 0.270 e. The van der Waals surface area contributed by atoms with Gasteiger partial charge in [0.05, 0.1) is 22.7 Å². The Bertz CT molecular complexity index is 1480. The molecule has 1 aliphatic heterocycles. The third-order valence-corrected chi connectivity index (χ3v) is 9.02. The lowest BCUT2D eigenvalue weighted by Gasteiger charge is -2.37. The van der Waals surface area contributed by atoms with Crippen molar-refractivity contribution in [2.45, 2.75) is 3.79 Å². The molecule has 0 saturated heterocycles. The minimum absolute atomic E-state index is 0.0108. The van der Waals surface area contributed by atoms with Crippen LogP contribution in [0.3, 0.4) is 0 Å². The Balaban J connectivity index is 1.64. The zero-order valence-corrected chi connectivity index (χ0v) is 25.5. The van der Waals surface area contributed by atoms with E-state index in [4.69, 9.17) is 44.3 Å². The number of alkyl halides is 3. The van der Waals surface area contributed by atoms with Crippen LogP contribution >= 0.6 is 42.3 Å². The molecular weight excluding hydrogens is 598 g/mol. The van der Waals surface area contributed by atoms with E-state index in [9.17, 15) is 0 Å². The minimum Gasteiger partial charge on any atom is -0.270 e. The van der Waals surface area contributed by atoms with Gasteiger partial charge in [-0.05, 0) is 62.6 Å². The lowest BCUT2D eigenvalue weighted by molar-refractivity contribution is 0.647. The number of nitrogens with zero attached hydrogens (tertiary/aromatic N) is 6. The molecule has 12 heteroatoms. The van der Waals surface area contributed by atoms with Crippen LogP contribution in [-0.2, 0) is 0 Å². The van der Waals surface area contributed by atoms with Gasteiger partial charge in [0.25, 0.3) is 0 Å². The first-order chi connectivity index (χ1) is 19.7. The molecule has 0 aliphatic carbocycles. The number of benzene rings is 4. The SMILES string of the molecule is CN(C)P1(NN(c2ccccc2)c2ccccc2)=NC(NN(c2ccccc2)c2ccccc2)=NC(C(Cl)(Cl)Cl)=N1. The summed E-state index contributed by atoms with van der Waals surface area (Å²) in [6.45, 7) is 0. The fourth-order valence-electron chi connectivity index (χ4n) is 4.00. The van der Waals surface area contributed by atoms with Gasteiger partial charge in [0.15, 0.2) is 5.84 Å². The molecule has 8 nitrogen and oxygen atoms in total. The fourth-order valence-corrected chi connectivity index (χ4v) is 6.41. The molecule has 41 heavy (non-hydrogen) atoms. The first-order valence-electron chi connectivity index (χ1n) is 12.7. The second-order valence-electron chi connectivity index (χ2n) is 9.10. The summed E-state index contributed by atoms with van der Waals surface area (Å²) in [5.41, 5.74) is 6.85. The van der Waals surface area contributed by atoms with Crippen molar-refractivity contribution >= 4 is 76.9 Å². The molecule has 0 bridgehead atoms. The minimum atomic E-state index is -3.05. The average Bonchev–Trinajstić information content (AvgIpc) is 3.00. The highest BCUT2D eigenvalue weighted by molar-refractivity contribution is 7.61. The molecule has 0 saturated carbocycles. The maximum atomic E-state index is 6.42. The number of anilines is 4. The summed E-state index contributed by atoms with van der Waals surface area (Å²) in [6, 6.07) is 39.4. The number of amidine groups is 1. The summed E-state index contributed by atoms with van der Waals surface area (Å²) in [5.74, 6) is 0.237. The van der Waals surface area contributed by atoms with Gasteiger partial charge in [-0.1, -0.05) is 108 Å².